The van der Waals surface area contributed by atoms with Gasteiger partial charge < -0.3 is 20.4 Å². The highest BCUT2D eigenvalue weighted by Crippen LogP contribution is 2.38. The highest BCUT2D eigenvalue weighted by atomic mass is 31.1. The van der Waals surface area contributed by atoms with Crippen molar-refractivity contribution in [3.63, 3.8) is 0 Å². The molecule has 0 aliphatic heterocycles. The molecule has 0 aliphatic rings. The van der Waals surface area contributed by atoms with Crippen molar-refractivity contribution in [3.8, 4) is 17.2 Å². The van der Waals surface area contributed by atoms with E-state index in [0.717, 1.165) is 0 Å². The maximum absolute atomic E-state index is 9.54. The lowest BCUT2D eigenvalue weighted by Crippen LogP contribution is -1.91. The molecular weight excluding hydrogens is 225 g/mol. The number of benzene rings is 1. The molecule has 0 amide bonds. The van der Waals surface area contributed by atoms with Crippen molar-refractivity contribution < 1.29 is 15.3 Å². The van der Waals surface area contributed by atoms with Gasteiger partial charge in [-0.05, 0) is 34.8 Å². The quantitative estimate of drug-likeness (QED) is 0.371. The summed E-state index contributed by atoms with van der Waals surface area (Å²) < 4.78 is 0. The van der Waals surface area contributed by atoms with Gasteiger partial charge in [0.25, 0.3) is 0 Å². The first-order valence-corrected chi connectivity index (χ1v) is 6.07. The maximum atomic E-state index is 9.54. The normalized spacial score (nSPS) is 10.6. The summed E-state index contributed by atoms with van der Waals surface area (Å²) in [5.41, 5.74) is 1.79. The minimum atomic E-state index is -0.454. The number of hydrogen-bond acceptors (Lipinski definition) is 4. The molecule has 4 N–H and O–H groups in total. The molecular formula is C11H16NO3P. The van der Waals surface area contributed by atoms with Crippen LogP contribution >= 0.6 is 8.73 Å². The molecule has 0 spiro atoms. The zero-order valence-corrected chi connectivity index (χ0v) is 10.3. The average Bonchev–Trinajstić information content (AvgIpc) is 2.23. The van der Waals surface area contributed by atoms with Crippen LogP contribution in [0.1, 0.15) is 19.4 Å². The van der Waals surface area contributed by atoms with Crippen LogP contribution in [0.15, 0.2) is 23.9 Å². The van der Waals surface area contributed by atoms with Crippen molar-refractivity contribution in [2.24, 2.45) is 0 Å². The highest BCUT2D eigenvalue weighted by molar-refractivity contribution is 7.34. The predicted molar refractivity (Wildman–Crippen MR) is 66.0 cm³/mol. The summed E-state index contributed by atoms with van der Waals surface area (Å²) in [5, 5.41) is 31.1. The van der Waals surface area contributed by atoms with Gasteiger partial charge in [0.05, 0.1) is 0 Å². The monoisotopic (exact) mass is 241 g/mol. The molecule has 0 heterocycles. The number of allylic oxidation sites excluding steroid dienone is 1. The first-order valence-electron chi connectivity index (χ1n) is 4.87. The maximum Gasteiger partial charge on any atom is 0.200 e. The van der Waals surface area contributed by atoms with Gasteiger partial charge in [-0.25, -0.2) is 0 Å². The van der Waals surface area contributed by atoms with Crippen LogP contribution in [-0.2, 0) is 6.16 Å². The SMILES string of the molecule is CC(C)=CNPCc1ccc(O)c(O)c1O. The van der Waals surface area contributed by atoms with E-state index in [-0.39, 0.29) is 11.5 Å². The Kier molecular flexibility index (Phi) is 4.44. The van der Waals surface area contributed by atoms with E-state index < -0.39 is 5.75 Å². The summed E-state index contributed by atoms with van der Waals surface area (Å²) >= 11 is 0. The van der Waals surface area contributed by atoms with E-state index in [4.69, 9.17) is 5.11 Å². The van der Waals surface area contributed by atoms with Crippen LogP contribution < -0.4 is 5.09 Å². The number of aromatic hydroxyl groups is 3. The van der Waals surface area contributed by atoms with Gasteiger partial charge in [-0.3, -0.25) is 0 Å². The fraction of sp³-hybridized carbons (Fsp3) is 0.273. The van der Waals surface area contributed by atoms with Crippen molar-refractivity contribution in [2.45, 2.75) is 20.0 Å². The lowest BCUT2D eigenvalue weighted by molar-refractivity contribution is 0.366. The van der Waals surface area contributed by atoms with Crippen molar-refractivity contribution in [3.05, 3.63) is 29.5 Å². The summed E-state index contributed by atoms with van der Waals surface area (Å²) in [7, 11) is 0.413. The third-order valence-corrected chi connectivity index (χ3v) is 2.86. The summed E-state index contributed by atoms with van der Waals surface area (Å²) in [6.07, 6.45) is 2.50. The number of nitrogens with one attached hydrogen (secondary N) is 1. The molecule has 0 saturated carbocycles. The third-order valence-electron chi connectivity index (χ3n) is 1.96. The van der Waals surface area contributed by atoms with Gasteiger partial charge in [-0.2, -0.15) is 0 Å². The Morgan fingerprint density at radius 3 is 2.56 bits per heavy atom. The number of rotatable bonds is 4. The Hall–Kier alpha value is -1.41. The van der Waals surface area contributed by atoms with E-state index >= 15 is 0 Å². The standard InChI is InChI=1S/C11H16NO3P/c1-7(2)5-12-16-6-8-3-4-9(13)11(15)10(8)14/h3-5,12-16H,6H2,1-2H3. The lowest BCUT2D eigenvalue weighted by atomic mass is 10.2. The molecule has 0 aromatic heterocycles. The van der Waals surface area contributed by atoms with Crippen LogP contribution in [-0.4, -0.2) is 15.3 Å². The smallest absolute Gasteiger partial charge is 0.200 e. The molecule has 88 valence electrons. The van der Waals surface area contributed by atoms with E-state index in [1.165, 1.54) is 11.6 Å². The predicted octanol–water partition coefficient (Wildman–Crippen LogP) is 2.41. The van der Waals surface area contributed by atoms with Gasteiger partial charge in [0.1, 0.15) is 0 Å². The minimum Gasteiger partial charge on any atom is -0.504 e. The molecule has 5 heteroatoms. The Morgan fingerprint density at radius 1 is 1.25 bits per heavy atom. The average molecular weight is 241 g/mol. The second-order valence-corrected chi connectivity index (χ2v) is 4.66. The molecule has 0 bridgehead atoms. The Balaban J connectivity index is 2.62. The third kappa shape index (κ3) is 3.31. The molecule has 1 aromatic carbocycles. The van der Waals surface area contributed by atoms with Crippen molar-refractivity contribution in [1.29, 1.82) is 0 Å². The van der Waals surface area contributed by atoms with Gasteiger partial charge in [-0.1, -0.05) is 11.6 Å². The number of hydrogen-bond donors (Lipinski definition) is 4. The fourth-order valence-corrected chi connectivity index (χ4v) is 2.06. The van der Waals surface area contributed by atoms with E-state index in [1.54, 1.807) is 6.07 Å². The van der Waals surface area contributed by atoms with Gasteiger partial charge in [0, 0.05) is 11.7 Å². The lowest BCUT2D eigenvalue weighted by Gasteiger charge is -2.07. The molecule has 0 saturated heterocycles. The molecule has 0 aliphatic carbocycles. The van der Waals surface area contributed by atoms with E-state index in [1.807, 2.05) is 20.0 Å². The second kappa shape index (κ2) is 5.61. The largest absolute Gasteiger partial charge is 0.504 e. The highest BCUT2D eigenvalue weighted by Gasteiger charge is 2.09. The molecule has 0 fully saturated rings. The number of phenols is 3. The number of phenolic OH excluding ortho intramolecular Hbond substituents is 3. The fourth-order valence-electron chi connectivity index (χ4n) is 1.10. The van der Waals surface area contributed by atoms with E-state index in [2.05, 4.69) is 5.09 Å². The van der Waals surface area contributed by atoms with Crippen LogP contribution in [0.25, 0.3) is 0 Å². The van der Waals surface area contributed by atoms with Crippen molar-refractivity contribution in [1.82, 2.24) is 5.09 Å². The van der Waals surface area contributed by atoms with E-state index in [0.29, 0.717) is 20.5 Å². The van der Waals surface area contributed by atoms with E-state index in [9.17, 15) is 10.2 Å². The topological polar surface area (TPSA) is 72.7 Å². The summed E-state index contributed by atoms with van der Waals surface area (Å²) in [4.78, 5) is 0. The molecule has 1 aromatic rings. The van der Waals surface area contributed by atoms with Gasteiger partial charge in [0.15, 0.2) is 11.5 Å². The molecule has 1 rings (SSSR count). The molecule has 16 heavy (non-hydrogen) atoms. The first-order chi connectivity index (χ1) is 7.52. The Labute approximate surface area is 96.5 Å². The van der Waals surface area contributed by atoms with Crippen LogP contribution in [0.3, 0.4) is 0 Å². The summed E-state index contributed by atoms with van der Waals surface area (Å²) in [6.45, 7) is 3.97. The summed E-state index contributed by atoms with van der Waals surface area (Å²) in [5.74, 6) is -1.00. The summed E-state index contributed by atoms with van der Waals surface area (Å²) in [6, 6.07) is 2.97. The van der Waals surface area contributed by atoms with Crippen LogP contribution in [0.2, 0.25) is 0 Å². The molecule has 1 unspecified atom stereocenters. The second-order valence-electron chi connectivity index (χ2n) is 3.66. The van der Waals surface area contributed by atoms with Gasteiger partial charge in [-0.15, -0.1) is 0 Å². The van der Waals surface area contributed by atoms with Crippen molar-refractivity contribution in [2.75, 3.05) is 0 Å². The first kappa shape index (κ1) is 12.7. The van der Waals surface area contributed by atoms with Crippen LogP contribution in [0, 0.1) is 0 Å². The minimum absolute atomic E-state index is 0.244. The Bertz CT molecular complexity index is 400. The van der Waals surface area contributed by atoms with Crippen LogP contribution in [0.5, 0.6) is 17.2 Å². The molecule has 4 nitrogen and oxygen atoms in total. The van der Waals surface area contributed by atoms with Gasteiger partial charge in [0.2, 0.25) is 5.75 Å². The Morgan fingerprint density at radius 2 is 1.94 bits per heavy atom. The van der Waals surface area contributed by atoms with Gasteiger partial charge >= 0.3 is 0 Å². The van der Waals surface area contributed by atoms with Crippen LogP contribution in [0.4, 0.5) is 0 Å². The zero-order chi connectivity index (χ0) is 12.1. The van der Waals surface area contributed by atoms with Crippen molar-refractivity contribution >= 4 is 8.73 Å². The molecule has 1 atom stereocenters. The molecule has 0 radical (unpaired) electrons. The zero-order valence-electron chi connectivity index (χ0n) is 9.28.